The molecule has 1 aliphatic carbocycles. The van der Waals surface area contributed by atoms with Gasteiger partial charge in [0.05, 0.1) is 0 Å². The van der Waals surface area contributed by atoms with E-state index in [0.29, 0.717) is 0 Å². The number of fused-ring (bicyclic) bond motifs is 1. The molecule has 1 unspecified atom stereocenters. The maximum atomic E-state index is 10.6. The molecule has 1 aromatic carbocycles. The Morgan fingerprint density at radius 3 is 3.00 bits per heavy atom. The maximum absolute atomic E-state index is 10.6. The second-order valence-electron chi connectivity index (χ2n) is 3.84. The van der Waals surface area contributed by atoms with E-state index in [4.69, 9.17) is 11.5 Å². The molecule has 0 aliphatic heterocycles. The van der Waals surface area contributed by atoms with Crippen molar-refractivity contribution in [1.82, 2.24) is 0 Å². The second kappa shape index (κ2) is 3.87. The number of benzene rings is 1. The molecule has 0 fully saturated rings. The molecule has 0 aromatic heterocycles. The van der Waals surface area contributed by atoms with E-state index >= 15 is 0 Å². The molecule has 0 radical (unpaired) electrons. The van der Waals surface area contributed by atoms with Crippen LogP contribution in [-0.4, -0.2) is 5.91 Å². The normalized spacial score (nSPS) is 19.4. The van der Waals surface area contributed by atoms with Crippen LogP contribution in [0.25, 0.3) is 6.08 Å². The van der Waals surface area contributed by atoms with E-state index in [2.05, 4.69) is 6.07 Å². The second-order valence-corrected chi connectivity index (χ2v) is 3.84. The van der Waals surface area contributed by atoms with Crippen molar-refractivity contribution in [2.75, 3.05) is 0 Å². The van der Waals surface area contributed by atoms with Gasteiger partial charge in [-0.25, -0.2) is 0 Å². The molecule has 1 atom stereocenters. The number of carbonyl (C=O) groups excluding carboxylic acids is 1. The molecule has 2 rings (SSSR count). The Balaban J connectivity index is 2.27. The number of hydrogen-bond donors (Lipinski definition) is 2. The first-order valence-corrected chi connectivity index (χ1v) is 5.03. The highest BCUT2D eigenvalue weighted by Gasteiger charge is 2.18. The van der Waals surface area contributed by atoms with Gasteiger partial charge in [0.2, 0.25) is 5.91 Å². The average Bonchev–Trinajstić information content (AvgIpc) is 2.57. The molecule has 1 aliphatic rings. The summed E-state index contributed by atoms with van der Waals surface area (Å²) in [4.78, 5) is 10.6. The number of amides is 1. The number of aryl methyl sites for hydroxylation is 1. The Morgan fingerprint density at radius 2 is 2.27 bits per heavy atom. The number of primary amides is 1. The Hall–Kier alpha value is -1.61. The van der Waals surface area contributed by atoms with E-state index in [0.717, 1.165) is 18.4 Å². The zero-order valence-electron chi connectivity index (χ0n) is 8.44. The van der Waals surface area contributed by atoms with E-state index < -0.39 is 5.91 Å². The largest absolute Gasteiger partial charge is 0.366 e. The maximum Gasteiger partial charge on any atom is 0.241 e. The summed E-state index contributed by atoms with van der Waals surface area (Å²) in [6.07, 6.45) is 5.14. The highest BCUT2D eigenvalue weighted by molar-refractivity contribution is 5.90. The van der Waals surface area contributed by atoms with Crippen LogP contribution in [0.2, 0.25) is 0 Å². The van der Waals surface area contributed by atoms with Crippen molar-refractivity contribution in [2.24, 2.45) is 11.5 Å². The monoisotopic (exact) mass is 202 g/mol. The topological polar surface area (TPSA) is 69.1 Å². The van der Waals surface area contributed by atoms with Crippen LogP contribution in [0.3, 0.4) is 0 Å². The first-order valence-electron chi connectivity index (χ1n) is 5.03. The van der Waals surface area contributed by atoms with E-state index in [9.17, 15) is 4.79 Å². The van der Waals surface area contributed by atoms with Crippen molar-refractivity contribution in [1.29, 1.82) is 0 Å². The standard InChI is InChI=1S/C12H14N2O/c13-11-5-3-9-7-8(1-4-10(9)11)2-6-12(14)15/h1-2,4,6-7,11H,3,5,13H2,(H2,14,15)/b6-2+. The molecule has 0 saturated heterocycles. The fourth-order valence-electron chi connectivity index (χ4n) is 1.95. The van der Waals surface area contributed by atoms with Gasteiger partial charge in [-0.2, -0.15) is 0 Å². The van der Waals surface area contributed by atoms with Crippen LogP contribution < -0.4 is 11.5 Å². The summed E-state index contributed by atoms with van der Waals surface area (Å²) in [5, 5.41) is 0. The molecular weight excluding hydrogens is 188 g/mol. The molecule has 1 amide bonds. The minimum atomic E-state index is -0.424. The van der Waals surface area contributed by atoms with E-state index in [-0.39, 0.29) is 6.04 Å². The zero-order valence-corrected chi connectivity index (χ0v) is 8.44. The number of carbonyl (C=O) groups is 1. The van der Waals surface area contributed by atoms with Crippen molar-refractivity contribution >= 4 is 12.0 Å². The summed E-state index contributed by atoms with van der Waals surface area (Å²) in [5.74, 6) is -0.424. The van der Waals surface area contributed by atoms with Crippen LogP contribution in [0.5, 0.6) is 0 Å². The highest BCUT2D eigenvalue weighted by Crippen LogP contribution is 2.29. The van der Waals surface area contributed by atoms with Gasteiger partial charge in [-0.3, -0.25) is 4.79 Å². The summed E-state index contributed by atoms with van der Waals surface area (Å²) in [6, 6.07) is 6.24. The first-order chi connectivity index (χ1) is 7.16. The minimum absolute atomic E-state index is 0.175. The zero-order chi connectivity index (χ0) is 10.8. The molecule has 3 nitrogen and oxygen atoms in total. The third kappa shape index (κ3) is 2.07. The van der Waals surface area contributed by atoms with Gasteiger partial charge in [-0.1, -0.05) is 18.2 Å². The highest BCUT2D eigenvalue weighted by atomic mass is 16.1. The van der Waals surface area contributed by atoms with Crippen molar-refractivity contribution in [3.63, 3.8) is 0 Å². The lowest BCUT2D eigenvalue weighted by Crippen LogP contribution is -2.05. The molecule has 3 heteroatoms. The van der Waals surface area contributed by atoms with Crippen LogP contribution in [0.1, 0.15) is 29.2 Å². The van der Waals surface area contributed by atoms with Gasteiger partial charge in [-0.15, -0.1) is 0 Å². The Labute approximate surface area is 88.8 Å². The van der Waals surface area contributed by atoms with Crippen molar-refractivity contribution in [3.05, 3.63) is 41.0 Å². The Kier molecular flexibility index (Phi) is 2.56. The fourth-order valence-corrected chi connectivity index (χ4v) is 1.95. The lowest BCUT2D eigenvalue weighted by atomic mass is 10.0. The van der Waals surface area contributed by atoms with Gasteiger partial charge < -0.3 is 11.5 Å². The SMILES string of the molecule is NC(=O)/C=C/c1ccc2c(c1)CCC2N. The molecule has 78 valence electrons. The van der Waals surface area contributed by atoms with Gasteiger partial charge in [0, 0.05) is 12.1 Å². The molecule has 15 heavy (non-hydrogen) atoms. The molecule has 0 heterocycles. The van der Waals surface area contributed by atoms with E-state index in [1.807, 2.05) is 12.1 Å². The summed E-state index contributed by atoms with van der Waals surface area (Å²) < 4.78 is 0. The summed E-state index contributed by atoms with van der Waals surface area (Å²) >= 11 is 0. The van der Waals surface area contributed by atoms with Crippen LogP contribution in [0, 0.1) is 0 Å². The number of rotatable bonds is 2. The predicted octanol–water partition coefficient (Wildman–Crippen LogP) is 1.13. The van der Waals surface area contributed by atoms with Gasteiger partial charge in [0.25, 0.3) is 0 Å². The van der Waals surface area contributed by atoms with Crippen LogP contribution >= 0.6 is 0 Å². The summed E-state index contributed by atoms with van der Waals surface area (Å²) in [6.45, 7) is 0. The molecule has 0 saturated carbocycles. The van der Waals surface area contributed by atoms with Crippen LogP contribution in [0.4, 0.5) is 0 Å². The third-order valence-corrected chi connectivity index (χ3v) is 2.73. The van der Waals surface area contributed by atoms with Gasteiger partial charge in [-0.05, 0) is 35.6 Å². The first kappa shape index (κ1) is 9.93. The predicted molar refractivity (Wildman–Crippen MR) is 59.9 cm³/mol. The lowest BCUT2D eigenvalue weighted by molar-refractivity contribution is -0.113. The third-order valence-electron chi connectivity index (χ3n) is 2.73. The molecule has 0 bridgehead atoms. The number of nitrogens with two attached hydrogens (primary N) is 2. The van der Waals surface area contributed by atoms with Crippen molar-refractivity contribution < 1.29 is 4.79 Å². The van der Waals surface area contributed by atoms with E-state index in [1.165, 1.54) is 17.2 Å². The Morgan fingerprint density at radius 1 is 1.47 bits per heavy atom. The van der Waals surface area contributed by atoms with Gasteiger partial charge in [0.15, 0.2) is 0 Å². The van der Waals surface area contributed by atoms with Gasteiger partial charge in [0.1, 0.15) is 0 Å². The smallest absolute Gasteiger partial charge is 0.241 e. The Bertz CT molecular complexity index is 424. The summed E-state index contributed by atoms with van der Waals surface area (Å²) in [5.41, 5.74) is 14.5. The van der Waals surface area contributed by atoms with Crippen molar-refractivity contribution in [3.8, 4) is 0 Å². The average molecular weight is 202 g/mol. The molecule has 4 N–H and O–H groups in total. The molecule has 1 aromatic rings. The van der Waals surface area contributed by atoms with Crippen LogP contribution in [0.15, 0.2) is 24.3 Å². The molecular formula is C12H14N2O. The quantitative estimate of drug-likeness (QED) is 0.706. The number of hydrogen-bond acceptors (Lipinski definition) is 2. The van der Waals surface area contributed by atoms with Crippen LogP contribution in [-0.2, 0) is 11.2 Å². The fraction of sp³-hybridized carbons (Fsp3) is 0.250. The summed E-state index contributed by atoms with van der Waals surface area (Å²) in [7, 11) is 0. The minimum Gasteiger partial charge on any atom is -0.366 e. The lowest BCUT2D eigenvalue weighted by Gasteiger charge is -2.04. The van der Waals surface area contributed by atoms with Gasteiger partial charge >= 0.3 is 0 Å². The van der Waals surface area contributed by atoms with E-state index in [1.54, 1.807) is 6.08 Å². The molecule has 0 spiro atoms. The van der Waals surface area contributed by atoms with Crippen molar-refractivity contribution in [2.45, 2.75) is 18.9 Å².